The number of rotatable bonds is 11. The van der Waals surface area contributed by atoms with E-state index in [0.29, 0.717) is 0 Å². The smallest absolute Gasteiger partial charge is 0.148 e. The molecule has 4 heteroatoms. The minimum atomic E-state index is -3.56. The van der Waals surface area contributed by atoms with E-state index in [9.17, 15) is 0 Å². The van der Waals surface area contributed by atoms with Gasteiger partial charge in [-0.3, -0.25) is 0 Å². The fourth-order valence-electron chi connectivity index (χ4n) is 13.3. The van der Waals surface area contributed by atoms with E-state index in [1.165, 1.54) is 91.2 Å². The molecule has 0 aliphatic heterocycles. The third-order valence-corrected chi connectivity index (χ3v) is 49.7. The summed E-state index contributed by atoms with van der Waals surface area (Å²) in [7, 11) is -10.5. The molecule has 0 fully saturated rings. The summed E-state index contributed by atoms with van der Waals surface area (Å²) < 4.78 is 2.62. The Bertz CT molecular complexity index is 3650. The lowest BCUT2D eigenvalue weighted by Gasteiger charge is -2.59. The molecule has 1 aliphatic carbocycles. The number of nitrogens with zero attached hydrogens (tertiary/aromatic N) is 1. The number of para-hydroxylation sites is 1. The van der Waals surface area contributed by atoms with Crippen molar-refractivity contribution < 1.29 is 0 Å². The molecule has 12 aromatic rings. The second kappa shape index (κ2) is 17.7. The van der Waals surface area contributed by atoms with E-state index in [0.717, 1.165) is 6.42 Å². The fourth-order valence-corrected chi connectivity index (χ4v) is 58.5. The summed E-state index contributed by atoms with van der Waals surface area (Å²) in [5.41, 5.74) is 9.21. The van der Waals surface area contributed by atoms with E-state index in [1.54, 1.807) is 0 Å². The molecule has 11 aromatic carbocycles. The average molecular weight is 954 g/mol. The Morgan fingerprint density at radius 1 is 0.282 bits per heavy atom. The topological polar surface area (TPSA) is 4.93 Å². The van der Waals surface area contributed by atoms with Gasteiger partial charge < -0.3 is 4.57 Å². The van der Waals surface area contributed by atoms with Crippen molar-refractivity contribution in [3.8, 4) is 16.8 Å². The van der Waals surface area contributed by atoms with Gasteiger partial charge in [0.05, 0.1) is 11.0 Å². The number of fused-ring (bicyclic) bond motifs is 7. The molecule has 0 saturated carbocycles. The largest absolute Gasteiger partial charge is 0.309 e. The minimum absolute atomic E-state index is 0.906. The van der Waals surface area contributed by atoms with Gasteiger partial charge in [0.2, 0.25) is 0 Å². The van der Waals surface area contributed by atoms with Crippen LogP contribution in [0.3, 0.4) is 0 Å². The maximum Gasteiger partial charge on any atom is 0.148 e. The van der Waals surface area contributed by atoms with Crippen molar-refractivity contribution in [2.24, 2.45) is 0 Å². The van der Waals surface area contributed by atoms with Gasteiger partial charge in [0.15, 0.2) is 0 Å². The van der Waals surface area contributed by atoms with Gasteiger partial charge >= 0.3 is 0 Å². The van der Waals surface area contributed by atoms with E-state index in [1.807, 2.05) is 0 Å². The Labute approximate surface area is 419 Å². The van der Waals surface area contributed by atoms with E-state index < -0.39 is 22.3 Å². The Morgan fingerprint density at radius 2 is 0.676 bits per heavy atom. The summed E-state index contributed by atoms with van der Waals surface area (Å²) in [4.78, 5) is 0. The van der Waals surface area contributed by atoms with Crippen molar-refractivity contribution >= 4 is 85.6 Å². The van der Waals surface area contributed by atoms with Crippen LogP contribution in [0.5, 0.6) is 0 Å². The lowest BCUT2D eigenvalue weighted by Crippen LogP contribution is -3.04. The Hall–Kier alpha value is -8.13. The van der Waals surface area contributed by atoms with Gasteiger partial charge in [-0.2, -0.15) is 0 Å². The highest BCUT2D eigenvalue weighted by Gasteiger charge is 2.72. The first kappa shape index (κ1) is 42.9. The van der Waals surface area contributed by atoms with Gasteiger partial charge in [0, 0.05) is 22.9 Å². The molecule has 1 heterocycles. The van der Waals surface area contributed by atoms with Crippen LogP contribution in [-0.2, 0) is 6.42 Å². The molecule has 0 saturated heterocycles. The highest BCUT2D eigenvalue weighted by Crippen LogP contribution is 2.44. The van der Waals surface area contributed by atoms with E-state index >= 15 is 0 Å². The lowest BCUT2D eigenvalue weighted by molar-refractivity contribution is 1.15. The fraction of sp³-hybridized carbons (Fsp3) is 0.0149. The van der Waals surface area contributed by atoms with E-state index in [-0.39, 0.29) is 0 Å². The highest BCUT2D eigenvalue weighted by molar-refractivity contribution is 7.89. The van der Waals surface area contributed by atoms with Crippen LogP contribution in [0.4, 0.5) is 0 Å². The normalized spacial score (nSPS) is 12.5. The molecule has 0 bridgehead atoms. The monoisotopic (exact) mass is 953 g/mol. The van der Waals surface area contributed by atoms with Crippen LogP contribution in [0, 0.1) is 0 Å². The van der Waals surface area contributed by atoms with Crippen molar-refractivity contribution in [1.29, 1.82) is 0 Å². The number of hydrogen-bond donors (Lipinski definition) is 0. The van der Waals surface area contributed by atoms with E-state index in [2.05, 4.69) is 302 Å². The van der Waals surface area contributed by atoms with Crippen molar-refractivity contribution in [2.75, 3.05) is 0 Å². The van der Waals surface area contributed by atoms with Crippen LogP contribution >= 0.6 is 0 Å². The van der Waals surface area contributed by atoms with Crippen molar-refractivity contribution in [2.45, 2.75) is 6.42 Å². The second-order valence-electron chi connectivity index (χ2n) is 19.0. The molecule has 0 spiro atoms. The summed E-state index contributed by atoms with van der Waals surface area (Å²) in [6.45, 7) is 0. The average Bonchev–Trinajstić information content (AvgIpc) is 4.02. The molecule has 0 atom stereocenters. The van der Waals surface area contributed by atoms with Gasteiger partial charge in [-0.1, -0.05) is 315 Å². The maximum absolute atomic E-state index is 3.56. The molecule has 13 rings (SSSR count). The van der Waals surface area contributed by atoms with Crippen LogP contribution in [0.2, 0.25) is 0 Å². The number of aromatic nitrogens is 1. The van der Waals surface area contributed by atoms with E-state index in [4.69, 9.17) is 0 Å². The van der Waals surface area contributed by atoms with Gasteiger partial charge in [0.1, 0.15) is 22.3 Å². The second-order valence-corrected chi connectivity index (χ2v) is 38.7. The summed E-state index contributed by atoms with van der Waals surface area (Å²) in [6.07, 6.45) is 0.906. The molecule has 1 aliphatic rings. The molecule has 0 N–H and O–H groups in total. The van der Waals surface area contributed by atoms with Crippen LogP contribution < -0.4 is 41.5 Å². The highest BCUT2D eigenvalue weighted by atomic mass is 29.6. The Morgan fingerprint density at radius 3 is 1.17 bits per heavy atom. The molecule has 0 unspecified atom stereocenters. The zero-order chi connectivity index (χ0) is 47.2. The molecule has 1 nitrogen and oxygen atoms in total. The molecule has 1 aromatic heterocycles. The van der Waals surface area contributed by atoms with Gasteiger partial charge in [-0.05, 0) is 45.6 Å². The number of benzene rings is 11. The first-order valence-corrected chi connectivity index (χ1v) is 32.9. The lowest BCUT2D eigenvalue weighted by atomic mass is 10.0. The molecular weight excluding hydrogens is 903 g/mol. The summed E-state index contributed by atoms with van der Waals surface area (Å²) in [5.74, 6) is 0. The molecule has 0 amide bonds. The van der Waals surface area contributed by atoms with Crippen molar-refractivity contribution in [3.63, 3.8) is 0 Å². The van der Waals surface area contributed by atoms with Crippen LogP contribution in [0.15, 0.2) is 297 Å². The van der Waals surface area contributed by atoms with Gasteiger partial charge in [0.25, 0.3) is 0 Å². The first-order valence-electron chi connectivity index (χ1n) is 24.9. The standard InChI is InChI=1S/C67H51NSi3/c1-8-29-53(30-9-1)69(54-31-10-2-11-32-54,55-33-12-3-13-34-55)71(58-39-18-6-19-40-58,59-41-20-7-21-42-59)70(56-35-14-4-15-36-56,57-37-16-5-17-38-57)60-43-26-28-52(50-60)68-66-46-25-24-45-63(66)64-48-47-62-61-44-23-22-27-51(61)49-65(62)67(64)68/h1-48,50H,49H2. The Balaban J connectivity index is 1.28. The first-order chi connectivity index (χ1) is 35.3. The molecule has 0 radical (unpaired) electrons. The summed E-state index contributed by atoms with van der Waals surface area (Å²) in [6, 6.07) is 116. The maximum atomic E-state index is 2.66. The predicted octanol–water partition coefficient (Wildman–Crippen LogP) is 10.4. The minimum Gasteiger partial charge on any atom is -0.309 e. The van der Waals surface area contributed by atoms with Crippen molar-refractivity contribution in [3.05, 3.63) is 308 Å². The third-order valence-electron chi connectivity index (χ3n) is 15.7. The van der Waals surface area contributed by atoms with Crippen LogP contribution in [0.25, 0.3) is 38.6 Å². The zero-order valence-corrected chi connectivity index (χ0v) is 42.4. The molecule has 336 valence electrons. The van der Waals surface area contributed by atoms with Crippen LogP contribution in [-0.4, -0.2) is 26.9 Å². The summed E-state index contributed by atoms with van der Waals surface area (Å²) in [5, 5.41) is 14.0. The molecular formula is C67H51NSi3. The SMILES string of the molecule is c1ccc([Si](c2ccccc2)(c2ccccc2)[Si](c2ccccc2)(c2ccccc2)[Si](c2ccccc2)(c2ccccc2)c2cccc(-n3c4ccccc4c4ccc5c(c43)Cc3ccccc3-5)c2)cc1. The van der Waals surface area contributed by atoms with Gasteiger partial charge in [-0.15, -0.1) is 0 Å². The Kier molecular flexibility index (Phi) is 10.7. The third kappa shape index (κ3) is 6.35. The predicted molar refractivity (Wildman–Crippen MR) is 308 cm³/mol. The molecule has 71 heavy (non-hydrogen) atoms. The summed E-state index contributed by atoms with van der Waals surface area (Å²) >= 11 is 0. The quantitative estimate of drug-likeness (QED) is 0.0900. The van der Waals surface area contributed by atoms with Gasteiger partial charge in [-0.25, -0.2) is 0 Å². The van der Waals surface area contributed by atoms with Crippen LogP contribution in [0.1, 0.15) is 11.1 Å². The van der Waals surface area contributed by atoms with Crippen molar-refractivity contribution in [1.82, 2.24) is 4.57 Å². The number of hydrogen-bond acceptors (Lipinski definition) is 0. The zero-order valence-electron chi connectivity index (χ0n) is 39.4.